The summed E-state index contributed by atoms with van der Waals surface area (Å²) < 4.78 is 1.05. The van der Waals surface area contributed by atoms with Gasteiger partial charge in [0.2, 0.25) is 0 Å². The van der Waals surface area contributed by atoms with Gasteiger partial charge in [-0.3, -0.25) is 0 Å². The van der Waals surface area contributed by atoms with Crippen molar-refractivity contribution in [3.8, 4) is 0 Å². The van der Waals surface area contributed by atoms with Crippen LogP contribution in [0.15, 0.2) is 22.7 Å². The molecule has 3 N–H and O–H groups in total. The number of nitrogen functional groups attached to an aromatic ring is 1. The van der Waals surface area contributed by atoms with E-state index in [1.807, 2.05) is 12.1 Å². The summed E-state index contributed by atoms with van der Waals surface area (Å²) >= 11 is 3.45. The Morgan fingerprint density at radius 1 is 1.47 bits per heavy atom. The lowest BCUT2D eigenvalue weighted by molar-refractivity contribution is 0.542. The average molecular weight is 269 g/mol. The first-order valence-electron chi connectivity index (χ1n) is 5.26. The van der Waals surface area contributed by atoms with Gasteiger partial charge in [0.05, 0.1) is 0 Å². The van der Waals surface area contributed by atoms with E-state index in [-0.39, 0.29) is 0 Å². The molecule has 0 aliphatic heterocycles. The normalized spacial score (nSPS) is 22.7. The summed E-state index contributed by atoms with van der Waals surface area (Å²) in [6, 6.07) is 6.72. The summed E-state index contributed by atoms with van der Waals surface area (Å²) in [4.78, 5) is 0. The largest absolute Gasteiger partial charge is 0.399 e. The molecule has 1 fully saturated rings. The van der Waals surface area contributed by atoms with Crippen molar-refractivity contribution >= 4 is 21.6 Å². The van der Waals surface area contributed by atoms with Crippen LogP contribution >= 0.6 is 15.9 Å². The molecule has 0 heterocycles. The maximum absolute atomic E-state index is 5.78. The van der Waals surface area contributed by atoms with E-state index in [9.17, 15) is 0 Å². The molecule has 1 aromatic carbocycles. The van der Waals surface area contributed by atoms with E-state index in [0.717, 1.165) is 16.7 Å². The van der Waals surface area contributed by atoms with Gasteiger partial charge in [-0.1, -0.05) is 29.8 Å². The zero-order valence-electron chi connectivity index (χ0n) is 9.18. The first-order chi connectivity index (χ1) is 6.97. The smallest absolute Gasteiger partial charge is 0.0328 e. The summed E-state index contributed by atoms with van der Waals surface area (Å²) in [5.74, 6) is 0. The fourth-order valence-corrected chi connectivity index (χ4v) is 2.39. The van der Waals surface area contributed by atoms with Gasteiger partial charge in [-0.05, 0) is 35.6 Å². The Bertz CT molecular complexity index is 354. The number of nitrogens with two attached hydrogens (primary N) is 1. The van der Waals surface area contributed by atoms with Crippen molar-refractivity contribution in [2.45, 2.75) is 32.9 Å². The molecule has 1 atom stereocenters. The monoisotopic (exact) mass is 268 g/mol. The van der Waals surface area contributed by atoms with Crippen molar-refractivity contribution in [2.75, 3.05) is 5.73 Å². The number of anilines is 1. The van der Waals surface area contributed by atoms with E-state index >= 15 is 0 Å². The second-order valence-corrected chi connectivity index (χ2v) is 5.93. The quantitative estimate of drug-likeness (QED) is 0.828. The fraction of sp³-hybridized carbons (Fsp3) is 0.500. The van der Waals surface area contributed by atoms with Crippen LogP contribution in [0.5, 0.6) is 0 Å². The van der Waals surface area contributed by atoms with Gasteiger partial charge in [0.25, 0.3) is 0 Å². The van der Waals surface area contributed by atoms with Gasteiger partial charge in [0.15, 0.2) is 0 Å². The fourth-order valence-electron chi connectivity index (χ4n) is 1.83. The van der Waals surface area contributed by atoms with Crippen molar-refractivity contribution in [1.82, 2.24) is 5.32 Å². The number of nitrogens with one attached hydrogen (secondary N) is 1. The Hall–Kier alpha value is -0.540. The molecule has 3 heteroatoms. The lowest BCUT2D eigenvalue weighted by Crippen LogP contribution is -2.19. The molecule has 1 aliphatic rings. The Balaban J connectivity index is 1.94. The van der Waals surface area contributed by atoms with E-state index in [1.54, 1.807) is 0 Å². The molecule has 0 aromatic heterocycles. The van der Waals surface area contributed by atoms with Crippen LogP contribution in [-0.4, -0.2) is 6.04 Å². The van der Waals surface area contributed by atoms with Crippen LogP contribution in [-0.2, 0) is 6.54 Å². The first-order valence-corrected chi connectivity index (χ1v) is 6.05. The maximum atomic E-state index is 5.78. The first kappa shape index (κ1) is 11.0. The second kappa shape index (κ2) is 3.80. The maximum Gasteiger partial charge on any atom is 0.0328 e. The van der Waals surface area contributed by atoms with Gasteiger partial charge in [-0.15, -0.1) is 0 Å². The van der Waals surface area contributed by atoms with Gasteiger partial charge in [0, 0.05) is 22.7 Å². The minimum absolute atomic E-state index is 0.484. The summed E-state index contributed by atoms with van der Waals surface area (Å²) in [6.07, 6.45) is 1.27. The standard InChI is InChI=1S/C12H17BrN2/c1-12(2)6-11(12)15-7-8-3-9(13)5-10(14)4-8/h3-5,11,15H,6-7,14H2,1-2H3. The highest BCUT2D eigenvalue weighted by Crippen LogP contribution is 2.44. The van der Waals surface area contributed by atoms with E-state index in [1.165, 1.54) is 12.0 Å². The number of halogens is 1. The molecule has 0 spiro atoms. The molecular formula is C12H17BrN2. The van der Waals surface area contributed by atoms with Crippen LogP contribution in [0.2, 0.25) is 0 Å². The minimum Gasteiger partial charge on any atom is -0.399 e. The van der Waals surface area contributed by atoms with E-state index in [4.69, 9.17) is 5.73 Å². The molecule has 0 bridgehead atoms. The predicted molar refractivity (Wildman–Crippen MR) is 67.6 cm³/mol. The van der Waals surface area contributed by atoms with Crippen molar-refractivity contribution in [3.63, 3.8) is 0 Å². The molecule has 1 saturated carbocycles. The molecule has 0 radical (unpaired) electrons. The summed E-state index contributed by atoms with van der Waals surface area (Å²) in [7, 11) is 0. The number of benzene rings is 1. The number of hydrogen-bond acceptors (Lipinski definition) is 2. The molecular weight excluding hydrogens is 252 g/mol. The van der Waals surface area contributed by atoms with Gasteiger partial charge < -0.3 is 11.1 Å². The molecule has 1 aromatic rings. The van der Waals surface area contributed by atoms with Gasteiger partial charge in [-0.2, -0.15) is 0 Å². The van der Waals surface area contributed by atoms with Crippen LogP contribution < -0.4 is 11.1 Å². The number of hydrogen-bond donors (Lipinski definition) is 2. The van der Waals surface area contributed by atoms with Crippen LogP contribution in [0.1, 0.15) is 25.8 Å². The van der Waals surface area contributed by atoms with Crippen molar-refractivity contribution in [2.24, 2.45) is 5.41 Å². The van der Waals surface area contributed by atoms with Crippen LogP contribution in [0, 0.1) is 5.41 Å². The number of rotatable bonds is 3. The molecule has 1 aliphatic carbocycles. The molecule has 15 heavy (non-hydrogen) atoms. The zero-order chi connectivity index (χ0) is 11.1. The molecule has 2 rings (SSSR count). The van der Waals surface area contributed by atoms with Gasteiger partial charge >= 0.3 is 0 Å². The third-order valence-electron chi connectivity index (χ3n) is 3.05. The average Bonchev–Trinajstić information content (AvgIpc) is 2.69. The van der Waals surface area contributed by atoms with Gasteiger partial charge in [-0.25, -0.2) is 0 Å². The third kappa shape index (κ3) is 2.73. The van der Waals surface area contributed by atoms with E-state index < -0.39 is 0 Å². The minimum atomic E-state index is 0.484. The van der Waals surface area contributed by atoms with Crippen LogP contribution in [0.3, 0.4) is 0 Å². The van der Waals surface area contributed by atoms with E-state index in [0.29, 0.717) is 11.5 Å². The Kier molecular flexibility index (Phi) is 2.77. The summed E-state index contributed by atoms with van der Waals surface area (Å²) in [6.45, 7) is 5.48. The third-order valence-corrected chi connectivity index (χ3v) is 3.50. The van der Waals surface area contributed by atoms with Crippen LogP contribution in [0.25, 0.3) is 0 Å². The molecule has 2 nitrogen and oxygen atoms in total. The molecule has 0 saturated heterocycles. The highest BCUT2D eigenvalue weighted by atomic mass is 79.9. The Morgan fingerprint density at radius 2 is 2.13 bits per heavy atom. The van der Waals surface area contributed by atoms with Crippen molar-refractivity contribution in [1.29, 1.82) is 0 Å². The summed E-state index contributed by atoms with van der Waals surface area (Å²) in [5, 5.41) is 3.54. The second-order valence-electron chi connectivity index (χ2n) is 5.02. The van der Waals surface area contributed by atoms with Crippen molar-refractivity contribution in [3.05, 3.63) is 28.2 Å². The van der Waals surface area contributed by atoms with Crippen LogP contribution in [0.4, 0.5) is 5.69 Å². The zero-order valence-corrected chi connectivity index (χ0v) is 10.8. The highest BCUT2D eigenvalue weighted by Gasteiger charge is 2.44. The highest BCUT2D eigenvalue weighted by molar-refractivity contribution is 9.10. The topological polar surface area (TPSA) is 38.0 Å². The Morgan fingerprint density at radius 3 is 2.67 bits per heavy atom. The summed E-state index contributed by atoms with van der Waals surface area (Å²) in [5.41, 5.74) is 8.32. The lowest BCUT2D eigenvalue weighted by Gasteiger charge is -2.07. The Labute approximate surface area is 99.4 Å². The predicted octanol–water partition coefficient (Wildman–Crippen LogP) is 2.92. The lowest BCUT2D eigenvalue weighted by atomic mass is 10.1. The molecule has 0 amide bonds. The van der Waals surface area contributed by atoms with Gasteiger partial charge in [0.1, 0.15) is 0 Å². The molecule has 1 unspecified atom stereocenters. The SMILES string of the molecule is CC1(C)CC1NCc1cc(N)cc(Br)c1. The van der Waals surface area contributed by atoms with Crippen molar-refractivity contribution < 1.29 is 0 Å². The van der Waals surface area contributed by atoms with E-state index in [2.05, 4.69) is 41.2 Å². The molecule has 82 valence electrons.